The standard InChI is InChI=1S/C42H44Cl6N4O2/c1-39(2,3)23-13-21(14-24(37(23)53)40(4,5)6)19-49-51-29-17-27(43)31(35(47)33(29)45)32-28(44)18-30(34(46)36(32)48)52-50-20-22-15-25(41(7,8)9)38(54)26(16-22)42(10,11)12/h13-20H,1-12H3. The van der Waals surface area contributed by atoms with E-state index in [2.05, 4.69) is 20.5 Å². The molecule has 0 heterocycles. The smallest absolute Gasteiger partial charge is 0.186 e. The number of hydrogen-bond donors (Lipinski definition) is 0. The van der Waals surface area contributed by atoms with E-state index < -0.39 is 0 Å². The van der Waals surface area contributed by atoms with Gasteiger partial charge < -0.3 is 0 Å². The summed E-state index contributed by atoms with van der Waals surface area (Å²) >= 11 is 40.5. The second kappa shape index (κ2) is 16.0. The molecule has 0 radical (unpaired) electrons. The van der Waals surface area contributed by atoms with Crippen LogP contribution < -0.4 is 0 Å². The molecule has 0 aliphatic heterocycles. The Hall–Kier alpha value is -2.84. The lowest BCUT2D eigenvalue weighted by Crippen LogP contribution is -2.27. The predicted molar refractivity (Wildman–Crippen MR) is 227 cm³/mol. The fourth-order valence-corrected chi connectivity index (χ4v) is 7.41. The molecular weight excluding hydrogens is 805 g/mol. The lowest BCUT2D eigenvalue weighted by Gasteiger charge is -2.31. The molecule has 0 atom stereocenters. The molecule has 0 N–H and O–H groups in total. The highest BCUT2D eigenvalue weighted by Crippen LogP contribution is 2.52. The van der Waals surface area contributed by atoms with Crippen molar-refractivity contribution in [2.45, 2.75) is 83.1 Å². The zero-order valence-electron chi connectivity index (χ0n) is 32.5. The molecule has 0 amide bonds. The molecule has 286 valence electrons. The maximum absolute atomic E-state index is 13.3. The Bertz CT molecular complexity index is 1960. The minimum absolute atomic E-state index is 0.0181. The van der Waals surface area contributed by atoms with Crippen molar-refractivity contribution >= 4 is 92.5 Å². The number of halogens is 6. The molecular formula is C42H44Cl6N4O2. The van der Waals surface area contributed by atoms with Crippen molar-refractivity contribution in [3.63, 3.8) is 0 Å². The van der Waals surface area contributed by atoms with Crippen LogP contribution in [0.5, 0.6) is 0 Å². The van der Waals surface area contributed by atoms with E-state index in [1.165, 1.54) is 12.1 Å². The average Bonchev–Trinajstić information content (AvgIpc) is 3.02. The number of rotatable bonds is 5. The number of hydrogen-bond acceptors (Lipinski definition) is 6. The van der Waals surface area contributed by atoms with Crippen LogP contribution in [0.3, 0.4) is 0 Å². The van der Waals surface area contributed by atoms with E-state index in [-0.39, 0.29) is 85.9 Å². The van der Waals surface area contributed by atoms with E-state index in [1.807, 2.05) is 107 Å². The molecule has 0 fully saturated rings. The molecule has 2 aliphatic carbocycles. The summed E-state index contributed by atoms with van der Waals surface area (Å²) in [6, 6.07) is 3.00. The van der Waals surface area contributed by atoms with Gasteiger partial charge in [0.15, 0.2) is 11.6 Å². The van der Waals surface area contributed by atoms with Gasteiger partial charge in [-0.15, -0.1) is 10.2 Å². The van der Waals surface area contributed by atoms with Crippen LogP contribution >= 0.6 is 69.6 Å². The van der Waals surface area contributed by atoms with E-state index in [0.717, 1.165) is 0 Å². The SMILES string of the molecule is CC(C)(C)C1=CC(=CN=Nc2cc(Cl)c(-c3c(Cl)cc(N=NC=C4C=C(C(C)(C)C)C(=O)C(C(C)(C)C)=C4)c(Cl)c3Cl)c(Cl)c2Cl)C=C(C(C)(C)C)C1=O. The fraction of sp³-hybridized carbons (Fsp3) is 0.381. The monoisotopic (exact) mass is 846 g/mol. The highest BCUT2D eigenvalue weighted by molar-refractivity contribution is 6.51. The maximum Gasteiger partial charge on any atom is 0.186 e. The molecule has 12 heteroatoms. The lowest BCUT2D eigenvalue weighted by atomic mass is 9.72. The first-order valence-electron chi connectivity index (χ1n) is 17.2. The maximum atomic E-state index is 13.3. The van der Waals surface area contributed by atoms with Gasteiger partial charge in [0, 0.05) is 33.4 Å². The molecule has 0 bridgehead atoms. The zero-order chi connectivity index (χ0) is 40.9. The number of carbonyl (C=O) groups is 2. The fourth-order valence-electron chi connectivity index (χ4n) is 5.76. The second-order valence-electron chi connectivity index (χ2n) is 17.3. The minimum Gasteiger partial charge on any atom is -0.289 e. The van der Waals surface area contributed by atoms with Crippen LogP contribution in [0.1, 0.15) is 83.1 Å². The van der Waals surface area contributed by atoms with Crippen molar-refractivity contribution in [2.24, 2.45) is 42.1 Å². The summed E-state index contributed by atoms with van der Waals surface area (Å²) in [5.41, 5.74) is 3.56. The van der Waals surface area contributed by atoms with Gasteiger partial charge in [-0.2, -0.15) is 10.2 Å². The van der Waals surface area contributed by atoms with E-state index in [0.29, 0.717) is 33.4 Å². The predicted octanol–water partition coefficient (Wildman–Crippen LogP) is 16.3. The molecule has 54 heavy (non-hydrogen) atoms. The van der Waals surface area contributed by atoms with Crippen LogP contribution in [0.4, 0.5) is 11.4 Å². The summed E-state index contributed by atoms with van der Waals surface area (Å²) in [4.78, 5) is 26.6. The Balaban J connectivity index is 1.71. The van der Waals surface area contributed by atoms with Crippen LogP contribution in [-0.4, -0.2) is 11.6 Å². The summed E-state index contributed by atoms with van der Waals surface area (Å²) in [6.07, 6.45) is 10.4. The molecule has 6 nitrogen and oxygen atoms in total. The summed E-state index contributed by atoms with van der Waals surface area (Å²) < 4.78 is 0. The van der Waals surface area contributed by atoms with Crippen LogP contribution in [0.15, 0.2) is 103 Å². The topological polar surface area (TPSA) is 83.6 Å². The van der Waals surface area contributed by atoms with Gasteiger partial charge in [0.2, 0.25) is 0 Å². The first kappa shape index (κ1) is 43.9. The molecule has 2 aromatic carbocycles. The quantitative estimate of drug-likeness (QED) is 0.222. The molecule has 0 spiro atoms. The Kier molecular flexibility index (Phi) is 13.0. The molecule has 0 aromatic heterocycles. The zero-order valence-corrected chi connectivity index (χ0v) is 37.0. The summed E-state index contributed by atoms with van der Waals surface area (Å²) in [5, 5.41) is 17.6. The molecule has 0 saturated carbocycles. The van der Waals surface area contributed by atoms with Gasteiger partial charge in [0.05, 0.1) is 42.5 Å². The largest absolute Gasteiger partial charge is 0.289 e. The van der Waals surface area contributed by atoms with Crippen molar-refractivity contribution in [1.29, 1.82) is 0 Å². The Morgan fingerprint density at radius 1 is 0.444 bits per heavy atom. The van der Waals surface area contributed by atoms with Crippen molar-refractivity contribution in [1.82, 2.24) is 0 Å². The summed E-state index contributed by atoms with van der Waals surface area (Å²) in [6.45, 7) is 24.0. The van der Waals surface area contributed by atoms with Gasteiger partial charge in [0.1, 0.15) is 11.4 Å². The number of allylic oxidation sites excluding steroid dienone is 10. The summed E-state index contributed by atoms with van der Waals surface area (Å²) in [5.74, 6) is 0.0363. The minimum atomic E-state index is -0.373. The van der Waals surface area contributed by atoms with Crippen LogP contribution in [-0.2, 0) is 9.59 Å². The van der Waals surface area contributed by atoms with Gasteiger partial charge in [-0.05, 0) is 69.2 Å². The van der Waals surface area contributed by atoms with E-state index in [1.54, 1.807) is 12.4 Å². The van der Waals surface area contributed by atoms with Gasteiger partial charge >= 0.3 is 0 Å². The van der Waals surface area contributed by atoms with Crippen molar-refractivity contribution in [3.8, 4) is 11.1 Å². The van der Waals surface area contributed by atoms with Crippen LogP contribution in [0, 0.1) is 21.7 Å². The highest BCUT2D eigenvalue weighted by Gasteiger charge is 2.35. The molecule has 4 rings (SSSR count). The molecule has 2 aliphatic rings. The first-order valence-corrected chi connectivity index (χ1v) is 19.5. The molecule has 2 aromatic rings. The third kappa shape index (κ3) is 9.57. The number of benzene rings is 2. The number of Topliss-reactive ketones (excluding diaryl/α,β-unsaturated/α-hetero) is 2. The number of nitrogens with zero attached hydrogens (tertiary/aromatic N) is 4. The van der Waals surface area contributed by atoms with Gasteiger partial charge in [0.25, 0.3) is 0 Å². The van der Waals surface area contributed by atoms with E-state index in [4.69, 9.17) is 69.6 Å². The van der Waals surface area contributed by atoms with Gasteiger partial charge in [-0.3, -0.25) is 9.59 Å². The van der Waals surface area contributed by atoms with Gasteiger partial charge in [-0.25, -0.2) is 0 Å². The highest BCUT2D eigenvalue weighted by atomic mass is 35.5. The van der Waals surface area contributed by atoms with E-state index in [9.17, 15) is 9.59 Å². The second-order valence-corrected chi connectivity index (χ2v) is 19.7. The number of carbonyl (C=O) groups excluding carboxylic acids is 2. The number of azo groups is 2. The van der Waals surface area contributed by atoms with E-state index >= 15 is 0 Å². The van der Waals surface area contributed by atoms with Crippen molar-refractivity contribution in [3.05, 3.63) is 112 Å². The lowest BCUT2D eigenvalue weighted by molar-refractivity contribution is -0.114. The third-order valence-electron chi connectivity index (χ3n) is 8.73. The first-order chi connectivity index (χ1) is 24.6. The Labute approximate surface area is 348 Å². The normalized spacial score (nSPS) is 16.3. The number of ketones is 2. The van der Waals surface area contributed by atoms with Gasteiger partial charge in [-0.1, -0.05) is 153 Å². The van der Waals surface area contributed by atoms with Crippen molar-refractivity contribution < 1.29 is 9.59 Å². The Morgan fingerprint density at radius 2 is 0.704 bits per heavy atom. The third-order valence-corrected chi connectivity index (χ3v) is 11.0. The molecule has 0 saturated heterocycles. The Morgan fingerprint density at radius 3 is 0.944 bits per heavy atom. The van der Waals surface area contributed by atoms with Crippen molar-refractivity contribution in [2.75, 3.05) is 0 Å². The molecule has 0 unspecified atom stereocenters. The van der Waals surface area contributed by atoms with Crippen LogP contribution in [0.25, 0.3) is 11.1 Å². The summed E-state index contributed by atoms with van der Waals surface area (Å²) in [7, 11) is 0. The average molecular weight is 850 g/mol. The van der Waals surface area contributed by atoms with Crippen LogP contribution in [0.2, 0.25) is 30.1 Å².